The molecule has 50 valence electrons. The maximum Gasteiger partial charge on any atom is 0.185 e. The van der Waals surface area contributed by atoms with Crippen molar-refractivity contribution in [2.24, 2.45) is 0 Å². The van der Waals surface area contributed by atoms with Gasteiger partial charge in [0, 0.05) is 12.0 Å². The van der Waals surface area contributed by atoms with E-state index in [1.807, 2.05) is 0 Å². The van der Waals surface area contributed by atoms with Crippen LogP contribution in [0.5, 0.6) is 0 Å². The van der Waals surface area contributed by atoms with Crippen LogP contribution in [0.1, 0.15) is 0 Å². The van der Waals surface area contributed by atoms with Gasteiger partial charge in [-0.3, -0.25) is 0 Å². The molecule has 0 aromatic heterocycles. The molecule has 0 aliphatic rings. The van der Waals surface area contributed by atoms with Crippen molar-refractivity contribution >= 4 is 21.9 Å². The molecule has 0 aliphatic heterocycles. The SMILES string of the molecule is O=S(=O)(CO)CSO. The highest BCUT2D eigenvalue weighted by Gasteiger charge is 2.06. The Morgan fingerprint density at radius 1 is 1.50 bits per heavy atom. The van der Waals surface area contributed by atoms with Gasteiger partial charge in [-0.1, -0.05) is 0 Å². The lowest BCUT2D eigenvalue weighted by Crippen LogP contribution is -2.06. The number of sulfone groups is 1. The van der Waals surface area contributed by atoms with Crippen molar-refractivity contribution in [3.8, 4) is 0 Å². The van der Waals surface area contributed by atoms with Crippen molar-refractivity contribution in [1.82, 2.24) is 0 Å². The van der Waals surface area contributed by atoms with Crippen LogP contribution in [-0.2, 0) is 9.84 Å². The third kappa shape index (κ3) is 3.25. The minimum atomic E-state index is -3.40. The number of rotatable bonds is 3. The Hall–Kier alpha value is 0.220. The van der Waals surface area contributed by atoms with Gasteiger partial charge in [0.1, 0.15) is 11.0 Å². The lowest BCUT2D eigenvalue weighted by Gasteiger charge is -1.91. The van der Waals surface area contributed by atoms with E-state index < -0.39 is 20.9 Å². The Bertz CT molecular complexity index is 136. The van der Waals surface area contributed by atoms with Gasteiger partial charge in [-0.2, -0.15) is 0 Å². The average molecular weight is 158 g/mol. The molecule has 0 rings (SSSR count). The van der Waals surface area contributed by atoms with E-state index >= 15 is 0 Å². The Kier molecular flexibility index (Phi) is 3.38. The molecule has 0 spiro atoms. The standard InChI is InChI=1S/C2H6O4S2/c3-1-8(5,6)2-7-4/h3-4H,1-2H2. The van der Waals surface area contributed by atoms with Gasteiger partial charge >= 0.3 is 0 Å². The van der Waals surface area contributed by atoms with Crippen LogP contribution in [0.4, 0.5) is 0 Å². The minimum Gasteiger partial charge on any atom is -0.380 e. The second-order valence-electron chi connectivity index (χ2n) is 1.12. The number of hydrogen-bond donors (Lipinski definition) is 2. The summed E-state index contributed by atoms with van der Waals surface area (Å²) in [5, 5.41) is 7.57. The van der Waals surface area contributed by atoms with Crippen LogP contribution in [0.3, 0.4) is 0 Å². The van der Waals surface area contributed by atoms with E-state index in [2.05, 4.69) is 0 Å². The molecule has 4 nitrogen and oxygen atoms in total. The first-order chi connectivity index (χ1) is 3.62. The maximum absolute atomic E-state index is 10.2. The van der Waals surface area contributed by atoms with Crippen LogP contribution < -0.4 is 0 Å². The van der Waals surface area contributed by atoms with E-state index in [1.54, 1.807) is 0 Å². The quantitative estimate of drug-likeness (QED) is 0.542. The molecule has 0 radical (unpaired) electrons. The van der Waals surface area contributed by atoms with E-state index in [4.69, 9.17) is 9.66 Å². The Balaban J connectivity index is 3.76. The molecule has 0 saturated carbocycles. The smallest absolute Gasteiger partial charge is 0.185 e. The predicted octanol–water partition coefficient (Wildman–Crippen LogP) is -0.485. The van der Waals surface area contributed by atoms with E-state index in [-0.39, 0.29) is 12.0 Å². The first-order valence-corrected chi connectivity index (χ1v) is 4.46. The third-order valence-corrected chi connectivity index (χ3v) is 2.68. The minimum absolute atomic E-state index is 0.185. The highest BCUT2D eigenvalue weighted by atomic mass is 32.3. The molecule has 2 N–H and O–H groups in total. The summed E-state index contributed by atoms with van der Waals surface area (Å²) in [5.74, 6) is -0.902. The van der Waals surface area contributed by atoms with Crippen LogP contribution in [0.25, 0.3) is 0 Å². The molecule has 0 fully saturated rings. The van der Waals surface area contributed by atoms with Crippen molar-refractivity contribution in [3.05, 3.63) is 0 Å². The third-order valence-electron chi connectivity index (χ3n) is 0.429. The summed E-state index contributed by atoms with van der Waals surface area (Å²) in [6, 6.07) is 0. The molecular weight excluding hydrogens is 152 g/mol. The second-order valence-corrected chi connectivity index (χ2v) is 4.07. The zero-order valence-corrected chi connectivity index (χ0v) is 5.57. The molecule has 8 heavy (non-hydrogen) atoms. The van der Waals surface area contributed by atoms with Crippen molar-refractivity contribution in [2.45, 2.75) is 0 Å². The largest absolute Gasteiger partial charge is 0.380 e. The van der Waals surface area contributed by atoms with Gasteiger partial charge in [0.05, 0.1) is 0 Å². The van der Waals surface area contributed by atoms with Gasteiger partial charge in [0.2, 0.25) is 0 Å². The Morgan fingerprint density at radius 2 is 2.00 bits per heavy atom. The van der Waals surface area contributed by atoms with Gasteiger partial charge in [-0.15, -0.1) is 0 Å². The first kappa shape index (κ1) is 8.22. The Labute approximate surface area is 51.7 Å². The molecule has 0 bridgehead atoms. The summed E-state index contributed by atoms with van der Waals surface area (Å²) in [5.41, 5.74) is 0. The fraction of sp³-hybridized carbons (Fsp3) is 1.00. The number of aliphatic hydroxyl groups is 1. The molecule has 0 atom stereocenters. The van der Waals surface area contributed by atoms with Gasteiger partial charge in [-0.05, 0) is 0 Å². The van der Waals surface area contributed by atoms with Gasteiger partial charge in [0.15, 0.2) is 9.84 Å². The molecule has 0 heterocycles. The van der Waals surface area contributed by atoms with Crippen LogP contribution in [0.2, 0.25) is 0 Å². The van der Waals surface area contributed by atoms with Crippen molar-refractivity contribution in [2.75, 3.05) is 11.0 Å². The van der Waals surface area contributed by atoms with Crippen LogP contribution in [0.15, 0.2) is 0 Å². The lowest BCUT2D eigenvalue weighted by molar-refractivity contribution is 0.359. The Morgan fingerprint density at radius 3 is 2.12 bits per heavy atom. The summed E-state index contributed by atoms with van der Waals surface area (Å²) < 4.78 is 28.3. The van der Waals surface area contributed by atoms with Crippen molar-refractivity contribution in [1.29, 1.82) is 0 Å². The molecule has 0 aromatic carbocycles. The molecule has 0 amide bonds. The first-order valence-electron chi connectivity index (χ1n) is 1.70. The van der Waals surface area contributed by atoms with E-state index in [0.717, 1.165) is 0 Å². The number of aliphatic hydroxyl groups excluding tert-OH is 1. The van der Waals surface area contributed by atoms with Crippen LogP contribution >= 0.6 is 12.0 Å². The number of hydrogen-bond acceptors (Lipinski definition) is 5. The van der Waals surface area contributed by atoms with E-state index in [9.17, 15) is 8.42 Å². The van der Waals surface area contributed by atoms with E-state index in [1.165, 1.54) is 0 Å². The average Bonchev–Trinajstić information content (AvgIpc) is 1.67. The molecule has 0 unspecified atom stereocenters. The van der Waals surface area contributed by atoms with Gasteiger partial charge < -0.3 is 9.66 Å². The summed E-state index contributed by atoms with van der Waals surface area (Å²) in [7, 11) is -3.40. The highest BCUT2D eigenvalue weighted by molar-refractivity contribution is 8.09. The summed E-state index contributed by atoms with van der Waals surface area (Å²) in [6.45, 7) is 0. The van der Waals surface area contributed by atoms with Gasteiger partial charge in [-0.25, -0.2) is 8.42 Å². The summed E-state index contributed by atoms with van der Waals surface area (Å²) in [6.07, 6.45) is 0. The zero-order chi connectivity index (χ0) is 6.62. The lowest BCUT2D eigenvalue weighted by atomic mass is 11.7. The monoisotopic (exact) mass is 158 g/mol. The normalized spacial score (nSPS) is 11.8. The van der Waals surface area contributed by atoms with Crippen molar-refractivity contribution < 1.29 is 18.1 Å². The summed E-state index contributed by atoms with van der Waals surface area (Å²) >= 11 is 0.185. The van der Waals surface area contributed by atoms with Crippen LogP contribution in [0, 0.1) is 0 Å². The fourth-order valence-corrected chi connectivity index (χ4v) is 1.06. The topological polar surface area (TPSA) is 74.6 Å². The van der Waals surface area contributed by atoms with Crippen molar-refractivity contribution in [3.63, 3.8) is 0 Å². The fourth-order valence-electron chi connectivity index (χ4n) is 0.118. The molecular formula is C2H6O4S2. The molecule has 0 aromatic rings. The molecule has 0 saturated heterocycles. The molecule has 6 heteroatoms. The second kappa shape index (κ2) is 3.29. The summed E-state index contributed by atoms with van der Waals surface area (Å²) in [4.78, 5) is 0. The van der Waals surface area contributed by atoms with Gasteiger partial charge in [0.25, 0.3) is 0 Å². The van der Waals surface area contributed by atoms with E-state index in [0.29, 0.717) is 0 Å². The molecule has 0 aliphatic carbocycles. The maximum atomic E-state index is 10.2. The van der Waals surface area contributed by atoms with Crippen LogP contribution in [-0.4, -0.2) is 29.1 Å². The zero-order valence-electron chi connectivity index (χ0n) is 3.94. The highest BCUT2D eigenvalue weighted by Crippen LogP contribution is 1.97. The predicted molar refractivity (Wildman–Crippen MR) is 31.1 cm³/mol.